The Morgan fingerprint density at radius 2 is 1.23 bits per heavy atom. The van der Waals surface area contributed by atoms with Crippen molar-refractivity contribution >= 4 is 13.6 Å². The number of hydrogen-bond donors (Lipinski definition) is 0. The number of benzene rings is 3. The minimum absolute atomic E-state index is 0. The molecule has 5 nitrogen and oxygen atoms in total. The molecule has 3 rings (SSSR count). The van der Waals surface area contributed by atoms with Crippen LogP contribution in [0.1, 0.15) is 38.2 Å². The Morgan fingerprint density at radius 1 is 0.767 bits per heavy atom. The van der Waals surface area contributed by atoms with E-state index in [1.165, 1.54) is 12.1 Å². The Balaban J connectivity index is 0.00000320. The summed E-state index contributed by atoms with van der Waals surface area (Å²) in [6.45, 7) is 7.06. The maximum atomic E-state index is 13.0. The van der Waals surface area contributed by atoms with E-state index in [4.69, 9.17) is 9.05 Å². The Bertz CT molecular complexity index is 1070. The zero-order valence-electron chi connectivity index (χ0n) is 17.8. The number of phosphoric ester groups is 1. The summed E-state index contributed by atoms with van der Waals surface area (Å²) in [5, 5.41) is 0. The maximum absolute atomic E-state index is 13.0. The molecule has 0 amide bonds. The van der Waals surface area contributed by atoms with Crippen LogP contribution in [0, 0.1) is 27.7 Å². The van der Waals surface area contributed by atoms with Crippen molar-refractivity contribution in [2.45, 2.75) is 27.7 Å². The third kappa shape index (κ3) is 5.23. The number of phosphoric acid groups is 1. The second kappa shape index (κ2) is 9.95. The van der Waals surface area contributed by atoms with Crippen molar-refractivity contribution in [2.75, 3.05) is 0 Å². The van der Waals surface area contributed by atoms with Crippen molar-refractivity contribution in [1.82, 2.24) is 0 Å². The predicted molar refractivity (Wildman–Crippen MR) is 111 cm³/mol. The molecular weight excluding hydrogens is 410 g/mol. The standard InChI is InChI=1S/C23H23O5P.Na/c1-15-17(3)23(28-29(25,26)27-20-13-9-6-10-14-20)18(4)16(2)21(15)22(24)19-11-7-5-8-12-19;/h5-14H,1-4H3,(H,25,26);/q;+1/p-1. The van der Waals surface area contributed by atoms with Gasteiger partial charge >= 0.3 is 37.4 Å². The van der Waals surface area contributed by atoms with E-state index in [2.05, 4.69) is 0 Å². The second-order valence-electron chi connectivity index (χ2n) is 6.84. The molecule has 0 heterocycles. The molecule has 0 N–H and O–H groups in total. The fourth-order valence-corrected chi connectivity index (χ4v) is 4.15. The number of hydrogen-bond acceptors (Lipinski definition) is 5. The van der Waals surface area contributed by atoms with Gasteiger partial charge < -0.3 is 13.9 Å². The van der Waals surface area contributed by atoms with Gasteiger partial charge in [0.05, 0.1) is 0 Å². The van der Waals surface area contributed by atoms with Crippen molar-refractivity contribution in [3.63, 3.8) is 0 Å². The van der Waals surface area contributed by atoms with Crippen molar-refractivity contribution in [3.8, 4) is 11.5 Å². The molecule has 150 valence electrons. The van der Waals surface area contributed by atoms with Crippen molar-refractivity contribution in [2.24, 2.45) is 0 Å². The summed E-state index contributed by atoms with van der Waals surface area (Å²) in [6, 6.07) is 17.2. The van der Waals surface area contributed by atoms with Gasteiger partial charge in [-0.25, -0.2) is 4.57 Å². The van der Waals surface area contributed by atoms with Gasteiger partial charge in [-0.05, 0) is 62.1 Å². The van der Waals surface area contributed by atoms with Crippen molar-refractivity contribution in [3.05, 3.63) is 94.0 Å². The van der Waals surface area contributed by atoms with Crippen LogP contribution in [-0.2, 0) is 4.57 Å². The number of carbonyl (C=O) groups excluding carboxylic acids is 1. The Labute approximate surface area is 199 Å². The minimum atomic E-state index is -4.66. The van der Waals surface area contributed by atoms with Crippen LogP contribution in [0.3, 0.4) is 0 Å². The largest absolute Gasteiger partial charge is 1.00 e. The van der Waals surface area contributed by atoms with Crippen LogP contribution in [0.25, 0.3) is 0 Å². The van der Waals surface area contributed by atoms with Gasteiger partial charge in [0.25, 0.3) is 0 Å². The smallest absolute Gasteiger partial charge is 0.736 e. The van der Waals surface area contributed by atoms with Gasteiger partial charge in [0.2, 0.25) is 0 Å². The summed E-state index contributed by atoms with van der Waals surface area (Å²) in [7, 11) is -4.66. The molecule has 0 aliphatic heterocycles. The van der Waals surface area contributed by atoms with E-state index in [-0.39, 0.29) is 46.8 Å². The molecule has 0 radical (unpaired) electrons. The molecule has 7 heteroatoms. The Hall–Kier alpha value is -1.88. The fourth-order valence-electron chi connectivity index (χ4n) is 3.23. The molecule has 0 aliphatic carbocycles. The first-order valence-corrected chi connectivity index (χ1v) is 10.6. The molecule has 0 fully saturated rings. The number of rotatable bonds is 6. The molecule has 0 aromatic heterocycles. The molecule has 3 aromatic rings. The van der Waals surface area contributed by atoms with Crippen LogP contribution in [-0.4, -0.2) is 5.78 Å². The zero-order valence-corrected chi connectivity index (χ0v) is 20.7. The van der Waals surface area contributed by atoms with Gasteiger partial charge in [-0.2, -0.15) is 0 Å². The van der Waals surface area contributed by atoms with Gasteiger partial charge in [0.1, 0.15) is 11.5 Å². The third-order valence-electron chi connectivity index (χ3n) is 4.98. The van der Waals surface area contributed by atoms with Crippen molar-refractivity contribution < 1.29 is 52.9 Å². The van der Waals surface area contributed by atoms with E-state index in [0.29, 0.717) is 33.4 Å². The minimum Gasteiger partial charge on any atom is -0.736 e. The molecule has 30 heavy (non-hydrogen) atoms. The molecule has 0 aliphatic rings. The predicted octanol–water partition coefficient (Wildman–Crippen LogP) is 2.08. The number of para-hydroxylation sites is 1. The normalized spacial score (nSPS) is 12.4. The molecule has 1 atom stereocenters. The second-order valence-corrected chi connectivity index (χ2v) is 8.10. The average Bonchev–Trinajstić information content (AvgIpc) is 2.71. The summed E-state index contributed by atoms with van der Waals surface area (Å²) < 4.78 is 22.8. The molecule has 0 spiro atoms. The first-order chi connectivity index (χ1) is 13.7. The molecule has 0 saturated carbocycles. The van der Waals surface area contributed by atoms with E-state index in [1.807, 2.05) is 18.2 Å². The van der Waals surface area contributed by atoms with Crippen LogP contribution < -0.4 is 43.5 Å². The van der Waals surface area contributed by atoms with Crippen LogP contribution in [0.5, 0.6) is 11.5 Å². The van der Waals surface area contributed by atoms with Gasteiger partial charge in [0, 0.05) is 11.1 Å². The molecule has 3 aromatic carbocycles. The van der Waals surface area contributed by atoms with Gasteiger partial charge in [0.15, 0.2) is 5.78 Å². The average molecular weight is 432 g/mol. The monoisotopic (exact) mass is 432 g/mol. The summed E-state index contributed by atoms with van der Waals surface area (Å²) in [4.78, 5) is 25.5. The van der Waals surface area contributed by atoms with E-state index in [1.54, 1.807) is 58.0 Å². The van der Waals surface area contributed by atoms with Crippen LogP contribution in [0.2, 0.25) is 0 Å². The quantitative estimate of drug-likeness (QED) is 0.339. The topological polar surface area (TPSA) is 75.7 Å². The van der Waals surface area contributed by atoms with E-state index < -0.39 is 7.82 Å². The molecule has 0 bridgehead atoms. The van der Waals surface area contributed by atoms with E-state index in [9.17, 15) is 14.3 Å². The Morgan fingerprint density at radius 3 is 1.73 bits per heavy atom. The Kier molecular flexibility index (Phi) is 8.09. The van der Waals surface area contributed by atoms with Gasteiger partial charge in [-0.3, -0.25) is 4.79 Å². The first kappa shape index (κ1) is 24.4. The first-order valence-electron chi connectivity index (χ1n) is 9.16. The zero-order chi connectivity index (χ0) is 21.2. The maximum Gasteiger partial charge on any atom is 1.00 e. The van der Waals surface area contributed by atoms with Gasteiger partial charge in [-0.1, -0.05) is 48.5 Å². The van der Waals surface area contributed by atoms with Gasteiger partial charge in [-0.15, -0.1) is 0 Å². The summed E-state index contributed by atoms with van der Waals surface area (Å²) >= 11 is 0. The fraction of sp³-hybridized carbons (Fsp3) is 0.174. The molecule has 1 unspecified atom stereocenters. The van der Waals surface area contributed by atoms with E-state index in [0.717, 1.165) is 0 Å². The van der Waals surface area contributed by atoms with Crippen LogP contribution in [0.4, 0.5) is 0 Å². The number of ketones is 1. The SMILES string of the molecule is Cc1c(C)c(C(=O)c2ccccc2)c(C)c(C)c1OP(=O)([O-])Oc1ccccc1.[Na+]. The van der Waals surface area contributed by atoms with Crippen LogP contribution in [0.15, 0.2) is 60.7 Å². The summed E-state index contributed by atoms with van der Waals surface area (Å²) in [5.41, 5.74) is 3.66. The van der Waals surface area contributed by atoms with E-state index >= 15 is 0 Å². The van der Waals surface area contributed by atoms with Crippen LogP contribution >= 0.6 is 7.82 Å². The number of carbonyl (C=O) groups is 1. The van der Waals surface area contributed by atoms with Crippen molar-refractivity contribution in [1.29, 1.82) is 0 Å². The summed E-state index contributed by atoms with van der Waals surface area (Å²) in [6.07, 6.45) is 0. The summed E-state index contributed by atoms with van der Waals surface area (Å²) in [5.74, 6) is 0.258. The molecular formula is C23H22NaO5P. The molecule has 0 saturated heterocycles. The third-order valence-corrected chi connectivity index (χ3v) is 5.82.